The van der Waals surface area contributed by atoms with Crippen LogP contribution >= 0.6 is 0 Å². The number of fused-ring (bicyclic) bond motifs is 1. The molecule has 0 spiro atoms. The maximum absolute atomic E-state index is 9.16. The predicted octanol–water partition coefficient (Wildman–Crippen LogP) is 4.62. The van der Waals surface area contributed by atoms with E-state index < -0.39 is 0 Å². The molecular formula is C25H30BN7O3. The molecule has 4 aromatic rings. The molecule has 4 rings (SSSR count). The summed E-state index contributed by atoms with van der Waals surface area (Å²) >= 11 is 0. The van der Waals surface area contributed by atoms with Gasteiger partial charge in [-0.15, -0.1) is 5.10 Å². The van der Waals surface area contributed by atoms with Crippen LogP contribution < -0.4 is 14.8 Å². The van der Waals surface area contributed by atoms with E-state index in [0.29, 0.717) is 47.7 Å². The standard InChI is InChI=1S/C25H30BN7O3/c1-16(26(3)15-27)7-6-8-21-30-23-17(2)22(24-28-11-12-36-24)31-25(33(23)32-21)29-14-18-9-10-19(34-4)13-20(18)35-5/h9-13,16H,6-8,14H2,1-5H3,(H,29,31)/t16-/m0/s1. The number of nitrogens with zero attached hydrogens (tertiary/aromatic N) is 6. The molecule has 0 bridgehead atoms. The molecule has 186 valence electrons. The summed E-state index contributed by atoms with van der Waals surface area (Å²) in [5, 5.41) is 17.3. The van der Waals surface area contributed by atoms with Crippen molar-refractivity contribution in [3.8, 4) is 29.1 Å². The van der Waals surface area contributed by atoms with Gasteiger partial charge in [0.15, 0.2) is 11.5 Å². The number of hydrogen-bond acceptors (Lipinski definition) is 9. The van der Waals surface area contributed by atoms with Gasteiger partial charge in [-0.25, -0.2) is 20.2 Å². The van der Waals surface area contributed by atoms with E-state index in [2.05, 4.69) is 23.2 Å². The van der Waals surface area contributed by atoms with Crippen molar-refractivity contribution in [3.63, 3.8) is 0 Å². The predicted molar refractivity (Wildman–Crippen MR) is 137 cm³/mol. The van der Waals surface area contributed by atoms with E-state index >= 15 is 0 Å². The van der Waals surface area contributed by atoms with Gasteiger partial charge in [0.1, 0.15) is 23.5 Å². The molecule has 0 aliphatic rings. The van der Waals surface area contributed by atoms with E-state index in [-0.39, 0.29) is 6.71 Å². The molecule has 36 heavy (non-hydrogen) atoms. The minimum atomic E-state index is 0.0274. The topological polar surface area (TPSA) is 123 Å². The number of aryl methyl sites for hydroxylation is 2. The molecule has 0 saturated carbocycles. The van der Waals surface area contributed by atoms with Crippen molar-refractivity contribution < 1.29 is 13.9 Å². The molecule has 1 atom stereocenters. The highest BCUT2D eigenvalue weighted by atomic mass is 16.5. The van der Waals surface area contributed by atoms with Crippen LogP contribution in [0, 0.1) is 18.2 Å². The highest BCUT2D eigenvalue weighted by molar-refractivity contribution is 6.66. The molecular weight excluding hydrogens is 457 g/mol. The zero-order valence-electron chi connectivity index (χ0n) is 21.3. The Labute approximate surface area is 210 Å². The van der Waals surface area contributed by atoms with Crippen LogP contribution in [0.1, 0.15) is 36.7 Å². The van der Waals surface area contributed by atoms with Gasteiger partial charge in [-0.05, 0) is 25.5 Å². The summed E-state index contributed by atoms with van der Waals surface area (Å²) in [4.78, 5) is 13.9. The van der Waals surface area contributed by atoms with Crippen molar-refractivity contribution in [1.29, 1.82) is 5.26 Å². The van der Waals surface area contributed by atoms with Crippen molar-refractivity contribution >= 4 is 18.3 Å². The van der Waals surface area contributed by atoms with Gasteiger partial charge in [-0.1, -0.05) is 26.0 Å². The molecule has 0 fully saturated rings. The van der Waals surface area contributed by atoms with E-state index in [9.17, 15) is 0 Å². The SMILES string of the molecule is COc1ccc(CNc2nc(-c3ncco3)c(C)c3nc(CCC[C@H](C)B(C)C#N)nn23)c(OC)c1. The van der Waals surface area contributed by atoms with Gasteiger partial charge >= 0.3 is 0 Å². The average Bonchev–Trinajstić information content (AvgIpc) is 3.58. The van der Waals surface area contributed by atoms with Gasteiger partial charge in [-0.3, -0.25) is 0 Å². The van der Waals surface area contributed by atoms with E-state index in [4.69, 9.17) is 34.2 Å². The summed E-state index contributed by atoms with van der Waals surface area (Å²) in [5.74, 6) is 5.75. The number of methoxy groups -OCH3 is 2. The normalized spacial score (nSPS) is 11.8. The lowest BCUT2D eigenvalue weighted by Crippen LogP contribution is -2.12. The largest absolute Gasteiger partial charge is 0.497 e. The Bertz CT molecular complexity index is 1360. The highest BCUT2D eigenvalue weighted by Gasteiger charge is 2.20. The van der Waals surface area contributed by atoms with Gasteiger partial charge in [0, 0.05) is 36.1 Å². The summed E-state index contributed by atoms with van der Waals surface area (Å²) in [6, 6.07) is 5.67. The van der Waals surface area contributed by atoms with Gasteiger partial charge < -0.3 is 19.2 Å². The van der Waals surface area contributed by atoms with Crippen molar-refractivity contribution in [3.05, 3.63) is 47.6 Å². The molecule has 0 saturated heterocycles. The fraction of sp³-hybridized carbons (Fsp3) is 0.400. The molecule has 0 amide bonds. The Morgan fingerprint density at radius 3 is 2.78 bits per heavy atom. The molecule has 0 aliphatic heterocycles. The maximum Gasteiger partial charge on any atom is 0.267 e. The third-order valence-electron chi connectivity index (χ3n) is 6.44. The van der Waals surface area contributed by atoms with Gasteiger partial charge in [0.05, 0.1) is 20.4 Å². The van der Waals surface area contributed by atoms with E-state index in [1.54, 1.807) is 24.9 Å². The molecule has 1 N–H and O–H groups in total. The summed E-state index contributed by atoms with van der Waals surface area (Å²) < 4.78 is 18.1. The van der Waals surface area contributed by atoms with Crippen LogP contribution in [0.4, 0.5) is 5.95 Å². The number of oxazole rings is 1. The lowest BCUT2D eigenvalue weighted by atomic mass is 9.44. The van der Waals surface area contributed by atoms with Crippen LogP contribution in [0.5, 0.6) is 11.5 Å². The number of anilines is 1. The average molecular weight is 487 g/mol. The second kappa shape index (κ2) is 11.1. The Hall–Kier alpha value is -4.07. The van der Waals surface area contributed by atoms with Crippen LogP contribution in [0.25, 0.3) is 17.2 Å². The summed E-state index contributed by atoms with van der Waals surface area (Å²) in [5.41, 5.74) is 3.06. The molecule has 0 unspecified atom stereocenters. The summed E-state index contributed by atoms with van der Waals surface area (Å²) in [7, 11) is 3.25. The van der Waals surface area contributed by atoms with Crippen LogP contribution in [-0.4, -0.2) is 45.5 Å². The molecule has 10 nitrogen and oxygen atoms in total. The first-order valence-corrected chi connectivity index (χ1v) is 12.0. The van der Waals surface area contributed by atoms with Gasteiger partial charge in [0.2, 0.25) is 11.8 Å². The number of ether oxygens (including phenoxy) is 2. The fourth-order valence-electron chi connectivity index (χ4n) is 3.99. The Kier molecular flexibility index (Phi) is 7.73. The van der Waals surface area contributed by atoms with Gasteiger partial charge in [0.25, 0.3) is 6.71 Å². The minimum absolute atomic E-state index is 0.0274. The Morgan fingerprint density at radius 2 is 2.08 bits per heavy atom. The quantitative estimate of drug-likeness (QED) is 0.302. The van der Waals surface area contributed by atoms with Crippen molar-refractivity contribution in [1.82, 2.24) is 24.6 Å². The number of benzene rings is 1. The number of nitrogens with one attached hydrogen (secondary N) is 1. The van der Waals surface area contributed by atoms with Crippen molar-refractivity contribution in [2.75, 3.05) is 19.5 Å². The molecule has 0 radical (unpaired) electrons. The first-order valence-electron chi connectivity index (χ1n) is 12.0. The molecule has 1 aromatic carbocycles. The first-order chi connectivity index (χ1) is 17.4. The molecule has 3 aromatic heterocycles. The number of nitriles is 1. The second-order valence-corrected chi connectivity index (χ2v) is 8.83. The van der Waals surface area contributed by atoms with Crippen LogP contribution in [-0.2, 0) is 13.0 Å². The maximum atomic E-state index is 9.16. The minimum Gasteiger partial charge on any atom is -0.497 e. The fourth-order valence-corrected chi connectivity index (χ4v) is 3.99. The smallest absolute Gasteiger partial charge is 0.267 e. The molecule has 3 heterocycles. The summed E-state index contributed by atoms with van der Waals surface area (Å²) in [6.45, 7) is 6.48. The number of aromatic nitrogens is 5. The lowest BCUT2D eigenvalue weighted by molar-refractivity contribution is 0.391. The van der Waals surface area contributed by atoms with E-state index in [1.165, 1.54) is 6.26 Å². The third-order valence-corrected chi connectivity index (χ3v) is 6.44. The zero-order valence-corrected chi connectivity index (χ0v) is 21.3. The Morgan fingerprint density at radius 1 is 1.25 bits per heavy atom. The lowest BCUT2D eigenvalue weighted by Gasteiger charge is -2.13. The molecule has 11 heteroatoms. The van der Waals surface area contributed by atoms with Crippen LogP contribution in [0.2, 0.25) is 12.6 Å². The highest BCUT2D eigenvalue weighted by Crippen LogP contribution is 2.28. The van der Waals surface area contributed by atoms with Crippen LogP contribution in [0.3, 0.4) is 0 Å². The van der Waals surface area contributed by atoms with Gasteiger partial charge in [-0.2, -0.15) is 4.52 Å². The third kappa shape index (κ3) is 5.27. The zero-order chi connectivity index (χ0) is 25.7. The second-order valence-electron chi connectivity index (χ2n) is 8.83. The van der Waals surface area contributed by atoms with Crippen LogP contribution in [0.15, 0.2) is 35.1 Å². The first kappa shape index (κ1) is 25.0. The summed E-state index contributed by atoms with van der Waals surface area (Å²) in [6.07, 6.45) is 5.66. The monoisotopic (exact) mass is 487 g/mol. The van der Waals surface area contributed by atoms with Crippen molar-refractivity contribution in [2.24, 2.45) is 0 Å². The molecule has 0 aliphatic carbocycles. The van der Waals surface area contributed by atoms with E-state index in [1.807, 2.05) is 31.9 Å². The Balaban J connectivity index is 1.64. The number of hydrogen-bond donors (Lipinski definition) is 1. The van der Waals surface area contributed by atoms with E-state index in [0.717, 1.165) is 35.5 Å². The van der Waals surface area contributed by atoms with Crippen molar-refractivity contribution in [2.45, 2.75) is 52.3 Å². The number of rotatable bonds is 11.